The average molecular weight is 482 g/mol. The number of anilines is 1. The Labute approximate surface area is 177 Å². The minimum atomic E-state index is -4.20. The standard InChI is InChI=1S/C17H16F4N3O7P/c18-9-5-24(16(26)23-13(9)22)14-11(19)12(25)17(30-14,15(20)21)7-29-32(27)28-6-8-3-1-2-4-10(8)31-32/h1-5,11-12,14-15,25,27H,6-7H2,(H-,22,23,26)/p+1/t11-,12-,14-,17-,32?/m1/s1. The van der Waals surface area contributed by atoms with Gasteiger partial charge >= 0.3 is 13.9 Å². The van der Waals surface area contributed by atoms with Gasteiger partial charge in [-0.15, -0.1) is 9.05 Å². The number of fused-ring (bicyclic) bond motifs is 1. The van der Waals surface area contributed by atoms with Crippen LogP contribution in [0.2, 0.25) is 0 Å². The third-order valence-electron chi connectivity index (χ3n) is 5.02. The van der Waals surface area contributed by atoms with E-state index >= 15 is 0 Å². The van der Waals surface area contributed by atoms with Gasteiger partial charge in [-0.25, -0.2) is 22.4 Å². The molecule has 2 aliphatic heterocycles. The minimum Gasteiger partial charge on any atom is -0.387 e. The predicted octanol–water partition coefficient (Wildman–Crippen LogP) is 1.49. The molecule has 32 heavy (non-hydrogen) atoms. The van der Waals surface area contributed by atoms with Crippen molar-refractivity contribution in [3.63, 3.8) is 0 Å². The fourth-order valence-electron chi connectivity index (χ4n) is 3.26. The van der Waals surface area contributed by atoms with Crippen LogP contribution >= 0.6 is 8.17 Å². The van der Waals surface area contributed by atoms with Crippen molar-refractivity contribution in [3.05, 3.63) is 52.3 Å². The second-order valence-corrected chi connectivity index (χ2v) is 8.67. The zero-order chi connectivity index (χ0) is 23.3. The van der Waals surface area contributed by atoms with Crippen LogP contribution in [0.3, 0.4) is 0 Å². The Bertz CT molecular complexity index is 1080. The number of nitrogens with zero attached hydrogens (tertiary/aromatic N) is 2. The average Bonchev–Trinajstić information content (AvgIpc) is 3.01. The molecule has 2 aliphatic rings. The number of halogens is 4. The second kappa shape index (κ2) is 8.21. The number of benzene rings is 1. The lowest BCUT2D eigenvalue weighted by Gasteiger charge is -2.31. The first-order valence-corrected chi connectivity index (χ1v) is 10.6. The summed E-state index contributed by atoms with van der Waals surface area (Å²) in [6.07, 6.45) is -10.5. The number of hydrogen-bond donors (Lipinski definition) is 3. The van der Waals surface area contributed by atoms with E-state index in [0.29, 0.717) is 11.8 Å². The van der Waals surface area contributed by atoms with Crippen LogP contribution in [0, 0.1) is 5.82 Å². The molecule has 0 bridgehead atoms. The summed E-state index contributed by atoms with van der Waals surface area (Å²) < 4.78 is 77.1. The molecule has 10 nitrogen and oxygen atoms in total. The van der Waals surface area contributed by atoms with E-state index in [1.807, 2.05) is 0 Å². The Kier molecular flexibility index (Phi) is 5.86. The molecule has 2 aromatic rings. The van der Waals surface area contributed by atoms with E-state index in [0.717, 1.165) is 0 Å². The molecular weight excluding hydrogens is 465 g/mol. The molecule has 4 N–H and O–H groups in total. The van der Waals surface area contributed by atoms with Gasteiger partial charge in [0.15, 0.2) is 35.4 Å². The van der Waals surface area contributed by atoms with Gasteiger partial charge in [-0.1, -0.05) is 18.2 Å². The molecule has 0 spiro atoms. The van der Waals surface area contributed by atoms with Gasteiger partial charge in [0.2, 0.25) is 0 Å². The van der Waals surface area contributed by atoms with Gasteiger partial charge in [-0.3, -0.25) is 9.09 Å². The Morgan fingerprint density at radius 1 is 1.41 bits per heavy atom. The number of nitrogen functional groups attached to an aromatic ring is 1. The first kappa shape index (κ1) is 22.8. The third-order valence-corrected chi connectivity index (χ3v) is 6.35. The summed E-state index contributed by atoms with van der Waals surface area (Å²) in [5, 5.41) is 10.2. The molecule has 1 aromatic carbocycles. The number of ether oxygens (including phenoxy) is 1. The number of aromatic nitrogens is 2. The van der Waals surface area contributed by atoms with Gasteiger partial charge in [0.1, 0.15) is 19.3 Å². The number of para-hydroxylation sites is 1. The van der Waals surface area contributed by atoms with Gasteiger partial charge in [-0.05, 0) is 6.07 Å². The van der Waals surface area contributed by atoms with Crippen LogP contribution in [-0.4, -0.2) is 50.5 Å². The monoisotopic (exact) mass is 482 g/mol. The van der Waals surface area contributed by atoms with Crippen LogP contribution < -0.4 is 15.9 Å². The van der Waals surface area contributed by atoms with Crippen LogP contribution in [-0.2, 0) is 20.4 Å². The molecule has 1 aromatic heterocycles. The molecule has 4 rings (SSSR count). The van der Waals surface area contributed by atoms with Crippen molar-refractivity contribution in [1.82, 2.24) is 9.55 Å². The first-order chi connectivity index (χ1) is 15.1. The van der Waals surface area contributed by atoms with Crippen LogP contribution in [0.5, 0.6) is 5.75 Å². The maximum Gasteiger partial charge on any atom is 0.619 e. The molecule has 3 heterocycles. The summed E-state index contributed by atoms with van der Waals surface area (Å²) in [6, 6.07) is 6.40. The first-order valence-electron chi connectivity index (χ1n) is 9.07. The van der Waals surface area contributed by atoms with Crippen molar-refractivity contribution in [2.75, 3.05) is 12.3 Å². The molecular formula is C17H17F4N3O7P+. The molecule has 0 amide bonds. The number of nitrogens with two attached hydrogens (primary N) is 1. The van der Waals surface area contributed by atoms with Crippen LogP contribution in [0.25, 0.3) is 0 Å². The summed E-state index contributed by atoms with van der Waals surface area (Å²) >= 11 is 0. The zero-order valence-corrected chi connectivity index (χ0v) is 16.9. The molecule has 1 fully saturated rings. The Hall–Kier alpha value is -2.35. The van der Waals surface area contributed by atoms with Crippen LogP contribution in [0.1, 0.15) is 11.8 Å². The number of hydrogen-bond acceptors (Lipinski definition) is 9. The highest BCUT2D eigenvalue weighted by atomic mass is 31.2. The molecule has 174 valence electrons. The minimum absolute atomic E-state index is 0.161. The molecule has 1 saturated heterocycles. The van der Waals surface area contributed by atoms with E-state index in [1.54, 1.807) is 18.2 Å². The van der Waals surface area contributed by atoms with Crippen molar-refractivity contribution in [2.45, 2.75) is 37.1 Å². The number of aliphatic hydroxyl groups is 1. The Morgan fingerprint density at radius 3 is 2.84 bits per heavy atom. The fourth-order valence-corrected chi connectivity index (χ4v) is 4.53. The number of rotatable bonds is 5. The lowest BCUT2D eigenvalue weighted by molar-refractivity contribution is -0.195. The molecule has 5 atom stereocenters. The van der Waals surface area contributed by atoms with Gasteiger partial charge in [-0.2, -0.15) is 9.88 Å². The summed E-state index contributed by atoms with van der Waals surface area (Å²) in [6.45, 7) is -1.44. The van der Waals surface area contributed by atoms with E-state index < -0.39 is 62.6 Å². The van der Waals surface area contributed by atoms with Crippen molar-refractivity contribution in [1.29, 1.82) is 0 Å². The number of aliphatic hydroxyl groups excluding tert-OH is 1. The van der Waals surface area contributed by atoms with Crippen molar-refractivity contribution in [3.8, 4) is 5.75 Å². The summed E-state index contributed by atoms with van der Waals surface area (Å²) in [7, 11) is -4.20. The van der Waals surface area contributed by atoms with Gasteiger partial charge < -0.3 is 15.6 Å². The second-order valence-electron chi connectivity index (χ2n) is 7.03. The molecule has 0 aliphatic carbocycles. The van der Waals surface area contributed by atoms with Crippen molar-refractivity contribution < 1.29 is 45.9 Å². The molecule has 0 radical (unpaired) electrons. The highest BCUT2D eigenvalue weighted by Gasteiger charge is 2.64. The summed E-state index contributed by atoms with van der Waals surface area (Å²) in [5.41, 5.74) is 1.36. The van der Waals surface area contributed by atoms with Gasteiger partial charge in [0.25, 0.3) is 6.43 Å². The predicted molar refractivity (Wildman–Crippen MR) is 99.6 cm³/mol. The van der Waals surface area contributed by atoms with E-state index in [-0.39, 0.29) is 16.9 Å². The Morgan fingerprint density at radius 2 is 2.12 bits per heavy atom. The molecule has 15 heteroatoms. The van der Waals surface area contributed by atoms with Crippen LogP contribution in [0.15, 0.2) is 35.3 Å². The fraction of sp³-hybridized carbons (Fsp3) is 0.412. The highest BCUT2D eigenvalue weighted by Crippen LogP contribution is 2.62. The van der Waals surface area contributed by atoms with E-state index in [1.165, 1.54) is 6.07 Å². The quantitative estimate of drug-likeness (QED) is 0.428. The van der Waals surface area contributed by atoms with Gasteiger partial charge in [0.05, 0.1) is 6.20 Å². The van der Waals surface area contributed by atoms with E-state index in [2.05, 4.69) is 4.98 Å². The topological polar surface area (TPSA) is 138 Å². The maximum absolute atomic E-state index is 14.8. The Balaban J connectivity index is 1.59. The summed E-state index contributed by atoms with van der Waals surface area (Å²) in [4.78, 5) is 25.5. The largest absolute Gasteiger partial charge is 0.619 e. The normalized spacial score (nSPS) is 32.0. The van der Waals surface area contributed by atoms with Crippen molar-refractivity contribution >= 4 is 14.0 Å². The smallest absolute Gasteiger partial charge is 0.387 e. The maximum atomic E-state index is 14.8. The lowest BCUT2D eigenvalue weighted by Crippen LogP contribution is -2.52. The molecule has 0 saturated carbocycles. The molecule has 1 unspecified atom stereocenters. The highest BCUT2D eigenvalue weighted by molar-refractivity contribution is 7.55. The lowest BCUT2D eigenvalue weighted by atomic mass is 9.97. The zero-order valence-electron chi connectivity index (χ0n) is 16.0. The van der Waals surface area contributed by atoms with Crippen molar-refractivity contribution in [2.24, 2.45) is 0 Å². The third kappa shape index (κ3) is 3.83. The number of alkyl halides is 3. The van der Waals surface area contributed by atoms with Gasteiger partial charge in [0, 0.05) is 5.56 Å². The van der Waals surface area contributed by atoms with E-state index in [4.69, 9.17) is 24.0 Å². The van der Waals surface area contributed by atoms with E-state index in [9.17, 15) is 32.4 Å². The SMILES string of the molecule is Nc1nc(=O)n([C@@H]2O[C@@](CO[P+]3(O)OCc4ccccc4O3)(C(F)F)[C@H](O)[C@H]2F)cc1F. The summed E-state index contributed by atoms with van der Waals surface area (Å²) in [5.74, 6) is -1.84. The van der Waals surface area contributed by atoms with Crippen LogP contribution in [0.4, 0.5) is 23.4 Å².